The van der Waals surface area contributed by atoms with Gasteiger partial charge < -0.3 is 9.90 Å². The summed E-state index contributed by atoms with van der Waals surface area (Å²) >= 11 is 13.5. The van der Waals surface area contributed by atoms with Gasteiger partial charge in [0.15, 0.2) is 5.97 Å². The average molecular weight is 517 g/mol. The van der Waals surface area contributed by atoms with E-state index in [4.69, 9.17) is 0 Å². The number of likely N-dealkylation sites (N-methyl/N-ethyl adjacent to an activating group) is 1. The first kappa shape index (κ1) is 19.0. The Kier molecular flexibility index (Phi) is 9.56. The Morgan fingerprint density at radius 1 is 1.11 bits per heavy atom. The number of carbonyl (C=O) groups excluding carboxylic acids is 2. The third-order valence-electron chi connectivity index (χ3n) is 2.64. The molecule has 106 valence electrons. The number of nitrogens with zero attached hydrogens (tertiary/aromatic N) is 1. The van der Waals surface area contributed by atoms with Crippen molar-refractivity contribution >= 4 is 75.6 Å². The van der Waals surface area contributed by atoms with Crippen LogP contribution in [0, 0.1) is 0 Å². The van der Waals surface area contributed by atoms with Crippen molar-refractivity contribution in [1.82, 2.24) is 0 Å². The lowest BCUT2D eigenvalue weighted by Gasteiger charge is -2.37. The predicted octanol–water partition coefficient (Wildman–Crippen LogP) is 1.42. The topological polar surface area (TPSA) is 57.2 Å². The molecule has 0 N–H and O–H groups in total. The van der Waals surface area contributed by atoms with Gasteiger partial charge in [0.25, 0.3) is 0 Å². The number of quaternary nitrogens is 1. The molecule has 0 aromatic carbocycles. The number of rotatable bonds is 7. The summed E-state index contributed by atoms with van der Waals surface area (Å²) in [5.41, 5.74) is 0. The zero-order valence-electron chi connectivity index (χ0n) is 9.87. The molecule has 0 saturated carbocycles. The minimum Gasteiger partial charge on any atom is -0.537 e. The van der Waals surface area contributed by atoms with Gasteiger partial charge in [-0.3, -0.25) is 4.48 Å². The van der Waals surface area contributed by atoms with Crippen LogP contribution in [0.25, 0.3) is 0 Å². The average Bonchev–Trinajstić information content (AvgIpc) is 2.36. The number of hydrogen-bond donors (Lipinski definition) is 0. The first-order valence-electron chi connectivity index (χ1n) is 5.35. The van der Waals surface area contributed by atoms with Gasteiger partial charge in [0.2, 0.25) is 0 Å². The summed E-state index contributed by atoms with van der Waals surface area (Å²) in [6.45, 7) is 3.03. The fourth-order valence-corrected chi connectivity index (χ4v) is 3.21. The second kappa shape index (κ2) is 9.05. The van der Waals surface area contributed by atoms with Crippen LogP contribution in [0.2, 0.25) is 0 Å². The Balaban J connectivity index is 5.18. The lowest BCUT2D eigenvalue weighted by molar-refractivity contribution is -0.849. The van der Waals surface area contributed by atoms with Gasteiger partial charge in [-0.1, -0.05) is 63.7 Å². The monoisotopic (exact) mass is 513 g/mol. The number of carboxylic acid groups (broad SMARTS) is 1. The molecule has 0 aliphatic heterocycles. The van der Waals surface area contributed by atoms with Crippen LogP contribution in [0.15, 0.2) is 0 Å². The van der Waals surface area contributed by atoms with Crippen molar-refractivity contribution in [3.63, 3.8) is 0 Å². The van der Waals surface area contributed by atoms with Crippen molar-refractivity contribution in [2.24, 2.45) is 0 Å². The minimum absolute atomic E-state index is 0.0239. The van der Waals surface area contributed by atoms with Crippen molar-refractivity contribution < 1.29 is 19.2 Å². The number of alkyl halides is 4. The zero-order chi connectivity index (χ0) is 14.3. The van der Waals surface area contributed by atoms with Gasteiger partial charge in [0, 0.05) is 10.7 Å². The summed E-state index contributed by atoms with van der Waals surface area (Å²) in [5.74, 6) is -2.49. The Morgan fingerprint density at radius 2 is 1.50 bits per heavy atom. The van der Waals surface area contributed by atoms with Crippen LogP contribution < -0.4 is 5.11 Å². The van der Waals surface area contributed by atoms with E-state index in [1.165, 1.54) is 0 Å². The molecule has 0 bridgehead atoms. The third-order valence-corrected chi connectivity index (χ3v) is 7.17. The van der Waals surface area contributed by atoms with Crippen molar-refractivity contribution in [2.45, 2.75) is 16.6 Å². The number of aliphatic carboxylic acids is 1. The summed E-state index contributed by atoms with van der Waals surface area (Å²) in [4.78, 5) is 22.9. The predicted molar refractivity (Wildman–Crippen MR) is 83.6 cm³/mol. The standard InChI is InChI=1S/C10H15Br4NO3/c1-2-15(5-7(13)3-11,6-8(14)4-12)9(16)10(17)18/h7-8H,2-6H2,1H3. The molecule has 0 aromatic rings. The van der Waals surface area contributed by atoms with Crippen LogP contribution in [-0.4, -0.2) is 56.3 Å². The molecule has 0 aliphatic rings. The highest BCUT2D eigenvalue weighted by atomic mass is 79.9. The molecule has 2 unspecified atom stereocenters. The maximum absolute atomic E-state index is 11.9. The Hall–Kier alpha value is 1.02. The number of amides is 1. The number of carboxylic acids is 1. The zero-order valence-corrected chi connectivity index (χ0v) is 16.2. The molecule has 18 heavy (non-hydrogen) atoms. The number of hydrogen-bond acceptors (Lipinski definition) is 3. The largest absolute Gasteiger partial charge is 0.537 e. The van der Waals surface area contributed by atoms with Gasteiger partial charge in [-0.2, -0.15) is 0 Å². The fraction of sp³-hybridized carbons (Fsp3) is 0.800. The molecule has 0 fully saturated rings. The van der Waals surface area contributed by atoms with Gasteiger partial charge in [0.05, 0.1) is 29.3 Å². The van der Waals surface area contributed by atoms with Gasteiger partial charge in [-0.05, 0) is 6.92 Å². The Morgan fingerprint density at radius 3 is 1.72 bits per heavy atom. The van der Waals surface area contributed by atoms with Crippen LogP contribution in [0.5, 0.6) is 0 Å². The van der Waals surface area contributed by atoms with Gasteiger partial charge in [0.1, 0.15) is 0 Å². The second-order valence-corrected chi connectivity index (χ2v) is 7.81. The lowest BCUT2D eigenvalue weighted by atomic mass is 10.2. The van der Waals surface area contributed by atoms with Crippen molar-refractivity contribution in [3.8, 4) is 0 Å². The van der Waals surface area contributed by atoms with E-state index >= 15 is 0 Å². The lowest BCUT2D eigenvalue weighted by Crippen LogP contribution is -2.62. The van der Waals surface area contributed by atoms with Crippen LogP contribution in [0.4, 0.5) is 0 Å². The summed E-state index contributed by atoms with van der Waals surface area (Å²) < 4.78 is -0.134. The van der Waals surface area contributed by atoms with E-state index in [0.717, 1.165) is 0 Å². The fourth-order valence-electron chi connectivity index (χ4n) is 1.69. The molecule has 2 atom stereocenters. The summed E-state index contributed by atoms with van der Waals surface area (Å²) in [6, 6.07) is 0. The van der Waals surface area contributed by atoms with E-state index in [0.29, 0.717) is 30.3 Å². The van der Waals surface area contributed by atoms with Crippen LogP contribution >= 0.6 is 63.7 Å². The van der Waals surface area contributed by atoms with Gasteiger partial charge in [-0.25, -0.2) is 4.79 Å². The van der Waals surface area contributed by atoms with E-state index < -0.39 is 11.9 Å². The van der Waals surface area contributed by atoms with Crippen LogP contribution in [-0.2, 0) is 9.59 Å². The van der Waals surface area contributed by atoms with E-state index in [1.54, 1.807) is 0 Å². The third kappa shape index (κ3) is 5.56. The molecule has 0 aliphatic carbocycles. The van der Waals surface area contributed by atoms with Crippen molar-refractivity contribution in [1.29, 1.82) is 0 Å². The minimum atomic E-state index is -1.62. The van der Waals surface area contributed by atoms with E-state index in [1.807, 2.05) is 6.92 Å². The summed E-state index contributed by atoms with van der Waals surface area (Å²) in [6.07, 6.45) is 0. The highest BCUT2D eigenvalue weighted by Crippen LogP contribution is 2.19. The van der Waals surface area contributed by atoms with Gasteiger partial charge in [-0.15, -0.1) is 0 Å². The quantitative estimate of drug-likeness (QED) is 0.292. The Bertz CT molecular complexity index is 289. The normalized spacial score (nSPS) is 17.8. The molecule has 0 saturated heterocycles. The van der Waals surface area contributed by atoms with Crippen LogP contribution in [0.1, 0.15) is 6.92 Å². The first-order chi connectivity index (χ1) is 8.32. The molecular formula is C10H15Br4NO3. The van der Waals surface area contributed by atoms with E-state index in [9.17, 15) is 14.7 Å². The maximum atomic E-state index is 11.9. The SMILES string of the molecule is CC[N+](CC(Br)CBr)(CC(Br)CBr)C(=O)C(=O)[O-]. The second-order valence-electron chi connectivity index (χ2n) is 3.92. The first-order valence-corrected chi connectivity index (χ1v) is 9.42. The Labute approximate surface area is 141 Å². The molecule has 0 radical (unpaired) electrons. The molecule has 0 aromatic heterocycles. The molecule has 8 heteroatoms. The highest BCUT2D eigenvalue weighted by molar-refractivity contribution is 9.12. The van der Waals surface area contributed by atoms with Crippen molar-refractivity contribution in [3.05, 3.63) is 0 Å². The maximum Gasteiger partial charge on any atom is 0.361 e. The van der Waals surface area contributed by atoms with E-state index in [2.05, 4.69) is 63.7 Å². The molecular weight excluding hydrogens is 502 g/mol. The van der Waals surface area contributed by atoms with E-state index in [-0.39, 0.29) is 14.1 Å². The number of carbonyl (C=O) groups is 2. The smallest absolute Gasteiger partial charge is 0.361 e. The molecule has 0 heterocycles. The molecule has 4 nitrogen and oxygen atoms in total. The molecule has 0 rings (SSSR count). The highest BCUT2D eigenvalue weighted by Gasteiger charge is 2.39. The van der Waals surface area contributed by atoms with Gasteiger partial charge >= 0.3 is 5.91 Å². The number of halogens is 4. The van der Waals surface area contributed by atoms with Crippen LogP contribution in [0.3, 0.4) is 0 Å². The molecule has 1 amide bonds. The summed E-state index contributed by atoms with van der Waals surface area (Å²) in [5, 5.41) is 12.2. The summed E-state index contributed by atoms with van der Waals surface area (Å²) in [7, 11) is 0. The molecule has 0 spiro atoms. The van der Waals surface area contributed by atoms with Crippen molar-refractivity contribution in [2.75, 3.05) is 30.3 Å².